The molecule has 2 unspecified atom stereocenters. The van der Waals surface area contributed by atoms with Crippen LogP contribution in [0.1, 0.15) is 25.7 Å². The molecule has 2 heterocycles. The summed E-state index contributed by atoms with van der Waals surface area (Å²) in [4.78, 5) is 14.2. The van der Waals surface area contributed by atoms with E-state index in [4.69, 9.17) is 4.74 Å². The van der Waals surface area contributed by atoms with Gasteiger partial charge in [0.15, 0.2) is 6.61 Å². The van der Waals surface area contributed by atoms with Crippen LogP contribution in [0.2, 0.25) is 0 Å². The van der Waals surface area contributed by atoms with Gasteiger partial charge in [0.25, 0.3) is 5.91 Å². The van der Waals surface area contributed by atoms with Crippen LogP contribution in [0.3, 0.4) is 0 Å². The van der Waals surface area contributed by atoms with E-state index in [9.17, 15) is 4.79 Å². The minimum atomic E-state index is 0.0595. The van der Waals surface area contributed by atoms with Crippen molar-refractivity contribution in [1.29, 1.82) is 0 Å². The minimum absolute atomic E-state index is 0.0595. The zero-order valence-corrected chi connectivity index (χ0v) is 13.8. The molecule has 2 aliphatic rings. The summed E-state index contributed by atoms with van der Waals surface area (Å²) in [6, 6.07) is 9.09. The molecule has 0 aromatic heterocycles. The van der Waals surface area contributed by atoms with Gasteiger partial charge in [0.2, 0.25) is 0 Å². The zero-order valence-electron chi connectivity index (χ0n) is 12.2. The van der Waals surface area contributed by atoms with E-state index in [1.807, 2.05) is 36.2 Å². The first kappa shape index (κ1) is 14.9. The molecule has 0 aliphatic carbocycles. The van der Waals surface area contributed by atoms with Crippen LogP contribution >= 0.6 is 15.9 Å². The Morgan fingerprint density at radius 2 is 1.90 bits per heavy atom. The Kier molecular flexibility index (Phi) is 4.50. The number of likely N-dealkylation sites (N-methyl/N-ethyl adjacent to an activating group) is 1. The lowest BCUT2D eigenvalue weighted by Gasteiger charge is -2.35. The van der Waals surface area contributed by atoms with Crippen LogP contribution in [-0.2, 0) is 4.79 Å². The van der Waals surface area contributed by atoms with Crippen LogP contribution in [0.25, 0.3) is 0 Å². The third-order valence-electron chi connectivity index (χ3n) is 4.57. The van der Waals surface area contributed by atoms with Crippen molar-refractivity contribution in [2.75, 3.05) is 13.7 Å². The molecule has 3 rings (SSSR count). The Balaban J connectivity index is 1.51. The van der Waals surface area contributed by atoms with Crippen molar-refractivity contribution in [2.45, 2.75) is 43.8 Å². The fourth-order valence-electron chi connectivity index (χ4n) is 3.32. The molecule has 114 valence electrons. The Morgan fingerprint density at radius 3 is 2.52 bits per heavy atom. The second-order valence-electron chi connectivity index (χ2n) is 6.01. The largest absolute Gasteiger partial charge is 0.484 e. The number of amides is 1. The number of halogens is 1. The maximum absolute atomic E-state index is 12.3. The van der Waals surface area contributed by atoms with Crippen LogP contribution in [0.5, 0.6) is 5.75 Å². The smallest absolute Gasteiger partial charge is 0.260 e. The maximum Gasteiger partial charge on any atom is 0.260 e. The molecule has 2 bridgehead atoms. The van der Waals surface area contributed by atoms with Gasteiger partial charge in [-0.1, -0.05) is 15.9 Å². The fraction of sp³-hybridized carbons (Fsp3) is 0.562. The summed E-state index contributed by atoms with van der Waals surface area (Å²) >= 11 is 3.38. The van der Waals surface area contributed by atoms with E-state index < -0.39 is 0 Å². The first-order valence-electron chi connectivity index (χ1n) is 7.52. The van der Waals surface area contributed by atoms with Gasteiger partial charge < -0.3 is 15.0 Å². The van der Waals surface area contributed by atoms with Crippen molar-refractivity contribution in [3.05, 3.63) is 28.7 Å². The topological polar surface area (TPSA) is 41.6 Å². The number of hydrogen-bond donors (Lipinski definition) is 1. The molecule has 0 radical (unpaired) electrons. The highest BCUT2D eigenvalue weighted by atomic mass is 79.9. The highest BCUT2D eigenvalue weighted by Gasteiger charge is 2.36. The number of ether oxygens (including phenoxy) is 1. The molecule has 2 aliphatic heterocycles. The van der Waals surface area contributed by atoms with E-state index in [1.54, 1.807) is 0 Å². The summed E-state index contributed by atoms with van der Waals surface area (Å²) in [5.41, 5.74) is 0. The molecule has 1 aromatic carbocycles. The third kappa shape index (κ3) is 3.58. The Bertz CT molecular complexity index is 494. The molecule has 4 nitrogen and oxygen atoms in total. The predicted octanol–water partition coefficient (Wildman–Crippen LogP) is 2.57. The second-order valence-corrected chi connectivity index (χ2v) is 6.93. The number of fused-ring (bicyclic) bond motifs is 2. The van der Waals surface area contributed by atoms with E-state index in [0.717, 1.165) is 23.1 Å². The third-order valence-corrected chi connectivity index (χ3v) is 5.09. The number of nitrogens with one attached hydrogen (secondary N) is 1. The predicted molar refractivity (Wildman–Crippen MR) is 85.4 cm³/mol. The summed E-state index contributed by atoms with van der Waals surface area (Å²) in [6.07, 6.45) is 4.63. The van der Waals surface area contributed by atoms with Gasteiger partial charge in [0.05, 0.1) is 0 Å². The van der Waals surface area contributed by atoms with E-state index in [-0.39, 0.29) is 12.5 Å². The van der Waals surface area contributed by atoms with Crippen LogP contribution in [0.15, 0.2) is 28.7 Å². The average Bonchev–Trinajstić information content (AvgIpc) is 2.84. The monoisotopic (exact) mass is 352 g/mol. The Labute approximate surface area is 134 Å². The molecule has 2 atom stereocenters. The minimum Gasteiger partial charge on any atom is -0.484 e. The number of carbonyl (C=O) groups excluding carboxylic acids is 1. The van der Waals surface area contributed by atoms with Gasteiger partial charge in [-0.15, -0.1) is 0 Å². The average molecular weight is 353 g/mol. The SMILES string of the molecule is CN(C(=O)COc1ccc(Br)cc1)C1CC2CCC(C1)N2. The summed E-state index contributed by atoms with van der Waals surface area (Å²) < 4.78 is 6.58. The molecule has 2 fully saturated rings. The fourth-order valence-corrected chi connectivity index (χ4v) is 3.59. The van der Waals surface area contributed by atoms with Crippen LogP contribution in [0.4, 0.5) is 0 Å². The van der Waals surface area contributed by atoms with Gasteiger partial charge in [-0.2, -0.15) is 0 Å². The van der Waals surface area contributed by atoms with E-state index in [0.29, 0.717) is 18.1 Å². The van der Waals surface area contributed by atoms with Crippen molar-refractivity contribution in [3.8, 4) is 5.75 Å². The van der Waals surface area contributed by atoms with Crippen LogP contribution in [0, 0.1) is 0 Å². The number of hydrogen-bond acceptors (Lipinski definition) is 3. The van der Waals surface area contributed by atoms with Gasteiger partial charge in [0, 0.05) is 29.6 Å². The number of carbonyl (C=O) groups is 1. The molecular weight excluding hydrogens is 332 g/mol. The second kappa shape index (κ2) is 6.36. The molecule has 0 saturated carbocycles. The van der Waals surface area contributed by atoms with Crippen molar-refractivity contribution in [3.63, 3.8) is 0 Å². The van der Waals surface area contributed by atoms with Crippen molar-refractivity contribution in [1.82, 2.24) is 10.2 Å². The summed E-state index contributed by atoms with van der Waals surface area (Å²) in [7, 11) is 1.91. The number of rotatable bonds is 4. The van der Waals surface area contributed by atoms with Gasteiger partial charge in [-0.25, -0.2) is 0 Å². The standard InChI is InChI=1S/C16H21BrN2O2/c1-19(14-8-12-4-5-13(9-14)18-12)16(20)10-21-15-6-2-11(17)3-7-15/h2-3,6-7,12-14,18H,4-5,8-10H2,1H3. The number of piperidine rings is 1. The molecule has 2 saturated heterocycles. The highest BCUT2D eigenvalue weighted by molar-refractivity contribution is 9.10. The summed E-state index contributed by atoms with van der Waals surface area (Å²) in [5, 5.41) is 3.60. The molecule has 1 amide bonds. The Hall–Kier alpha value is -1.07. The lowest BCUT2D eigenvalue weighted by Crippen LogP contribution is -2.49. The molecule has 1 aromatic rings. The highest BCUT2D eigenvalue weighted by Crippen LogP contribution is 2.29. The molecule has 21 heavy (non-hydrogen) atoms. The first-order valence-corrected chi connectivity index (χ1v) is 8.31. The molecule has 1 N–H and O–H groups in total. The zero-order chi connectivity index (χ0) is 14.8. The molecular formula is C16H21BrN2O2. The lowest BCUT2D eigenvalue weighted by molar-refractivity contribution is -0.134. The lowest BCUT2D eigenvalue weighted by atomic mass is 9.98. The van der Waals surface area contributed by atoms with E-state index in [1.165, 1.54) is 12.8 Å². The Morgan fingerprint density at radius 1 is 1.29 bits per heavy atom. The van der Waals surface area contributed by atoms with Crippen molar-refractivity contribution < 1.29 is 9.53 Å². The summed E-state index contributed by atoms with van der Waals surface area (Å²) in [6.45, 7) is 0.109. The summed E-state index contributed by atoms with van der Waals surface area (Å²) in [5.74, 6) is 0.787. The van der Waals surface area contributed by atoms with Gasteiger partial charge in [0.1, 0.15) is 5.75 Å². The van der Waals surface area contributed by atoms with Crippen molar-refractivity contribution in [2.24, 2.45) is 0 Å². The number of benzene rings is 1. The number of nitrogens with zero attached hydrogens (tertiary/aromatic N) is 1. The maximum atomic E-state index is 12.3. The van der Waals surface area contributed by atoms with Gasteiger partial charge in [-0.05, 0) is 49.9 Å². The first-order chi connectivity index (χ1) is 10.1. The van der Waals surface area contributed by atoms with Crippen molar-refractivity contribution >= 4 is 21.8 Å². The van der Waals surface area contributed by atoms with Gasteiger partial charge >= 0.3 is 0 Å². The normalized spacial score (nSPS) is 27.4. The van der Waals surface area contributed by atoms with E-state index >= 15 is 0 Å². The van der Waals surface area contributed by atoms with Crippen LogP contribution < -0.4 is 10.1 Å². The van der Waals surface area contributed by atoms with Gasteiger partial charge in [-0.3, -0.25) is 4.79 Å². The quantitative estimate of drug-likeness (QED) is 0.905. The van der Waals surface area contributed by atoms with E-state index in [2.05, 4.69) is 21.2 Å². The molecule has 5 heteroatoms. The molecule has 0 spiro atoms. The van der Waals surface area contributed by atoms with Crippen LogP contribution in [-0.4, -0.2) is 42.6 Å².